The summed E-state index contributed by atoms with van der Waals surface area (Å²) in [5.74, 6) is -5.55. The Morgan fingerprint density at radius 3 is 2.05 bits per heavy atom. The highest BCUT2D eigenvalue weighted by Crippen LogP contribution is 2.25. The molecule has 20 heavy (non-hydrogen) atoms. The molecule has 0 unspecified atom stereocenters. The number of aryl methyl sites for hydroxylation is 1. The molecule has 104 valence electrons. The fourth-order valence-electron chi connectivity index (χ4n) is 1.73. The fraction of sp³-hybridized carbons (Fsp3) is 0.0714. The van der Waals surface area contributed by atoms with Crippen LogP contribution in [0.25, 0.3) is 0 Å². The van der Waals surface area contributed by atoms with Gasteiger partial charge in [-0.25, -0.2) is 17.6 Å². The van der Waals surface area contributed by atoms with Crippen LogP contribution in [0.15, 0.2) is 24.3 Å². The summed E-state index contributed by atoms with van der Waals surface area (Å²) in [6.07, 6.45) is 0. The molecule has 6 heteroatoms. The Hall–Kier alpha value is -1.88. The van der Waals surface area contributed by atoms with Crippen molar-refractivity contribution >= 4 is 17.4 Å². The van der Waals surface area contributed by atoms with Crippen molar-refractivity contribution in [2.45, 2.75) is 6.92 Å². The Bertz CT molecular complexity index is 690. The zero-order valence-corrected chi connectivity index (χ0v) is 10.9. The van der Waals surface area contributed by atoms with Crippen molar-refractivity contribution in [3.05, 3.63) is 69.2 Å². The monoisotopic (exact) mass is 302 g/mol. The Morgan fingerprint density at radius 2 is 1.50 bits per heavy atom. The van der Waals surface area contributed by atoms with Gasteiger partial charge in [0.2, 0.25) is 0 Å². The maximum Gasteiger partial charge on any atom is 0.200 e. The van der Waals surface area contributed by atoms with Gasteiger partial charge in [0, 0.05) is 17.7 Å². The highest BCUT2D eigenvalue weighted by molar-refractivity contribution is 6.35. The number of benzene rings is 2. The molecule has 0 N–H and O–H groups in total. The zero-order chi connectivity index (χ0) is 15.0. The van der Waals surface area contributed by atoms with Gasteiger partial charge in [-0.05, 0) is 24.6 Å². The third kappa shape index (κ3) is 2.54. The molecule has 0 amide bonds. The number of rotatable bonds is 2. The summed E-state index contributed by atoms with van der Waals surface area (Å²) < 4.78 is 53.1. The number of carbonyl (C=O) groups is 1. The molecule has 0 radical (unpaired) electrons. The molecule has 0 spiro atoms. The smallest absolute Gasteiger partial charge is 0.200 e. The van der Waals surface area contributed by atoms with E-state index in [0.29, 0.717) is 12.1 Å². The Labute approximate surface area is 116 Å². The Morgan fingerprint density at radius 1 is 0.950 bits per heavy atom. The van der Waals surface area contributed by atoms with Crippen molar-refractivity contribution < 1.29 is 22.4 Å². The summed E-state index contributed by atoms with van der Waals surface area (Å²) in [6.45, 7) is 1.37. The fourth-order valence-corrected chi connectivity index (χ4v) is 1.96. The predicted octanol–water partition coefficient (Wildman–Crippen LogP) is 4.44. The summed E-state index contributed by atoms with van der Waals surface area (Å²) in [6, 6.07) is 2.74. The molecule has 0 aromatic heterocycles. The third-order valence-corrected chi connectivity index (χ3v) is 3.04. The van der Waals surface area contributed by atoms with Crippen molar-refractivity contribution in [1.82, 2.24) is 0 Å². The predicted molar refractivity (Wildman–Crippen MR) is 65.9 cm³/mol. The topological polar surface area (TPSA) is 17.1 Å². The normalized spacial score (nSPS) is 10.7. The van der Waals surface area contributed by atoms with Crippen LogP contribution in [0.3, 0.4) is 0 Å². The summed E-state index contributed by atoms with van der Waals surface area (Å²) in [5.41, 5.74) is -1.09. The lowest BCUT2D eigenvalue weighted by Crippen LogP contribution is -2.09. The number of carbonyl (C=O) groups excluding carboxylic acids is 1. The molecule has 0 fully saturated rings. The minimum atomic E-state index is -1.34. The lowest BCUT2D eigenvalue weighted by Gasteiger charge is -2.08. The third-order valence-electron chi connectivity index (χ3n) is 2.73. The van der Waals surface area contributed by atoms with Crippen LogP contribution < -0.4 is 0 Å². The molecule has 2 aromatic carbocycles. The summed E-state index contributed by atoms with van der Waals surface area (Å²) in [7, 11) is 0. The van der Waals surface area contributed by atoms with Gasteiger partial charge >= 0.3 is 0 Å². The van der Waals surface area contributed by atoms with Gasteiger partial charge in [0.05, 0.1) is 10.6 Å². The van der Waals surface area contributed by atoms with Gasteiger partial charge in [-0.1, -0.05) is 11.6 Å². The SMILES string of the molecule is Cc1cc(C(=O)c2c(F)cc(F)cc2F)c(Cl)cc1F. The maximum atomic E-state index is 13.5. The van der Waals surface area contributed by atoms with Gasteiger partial charge in [0.15, 0.2) is 5.78 Å². The highest BCUT2D eigenvalue weighted by atomic mass is 35.5. The molecule has 0 saturated heterocycles. The molecule has 2 rings (SSSR count). The van der Waals surface area contributed by atoms with Gasteiger partial charge in [0.25, 0.3) is 0 Å². The molecule has 0 bridgehead atoms. The van der Waals surface area contributed by atoms with Crippen LogP contribution in [0.5, 0.6) is 0 Å². The summed E-state index contributed by atoms with van der Waals surface area (Å²) >= 11 is 5.70. The first-order valence-electron chi connectivity index (χ1n) is 5.46. The van der Waals surface area contributed by atoms with Crippen LogP contribution in [0.1, 0.15) is 21.5 Å². The van der Waals surface area contributed by atoms with Crippen LogP contribution in [0, 0.1) is 30.2 Å². The summed E-state index contributed by atoms with van der Waals surface area (Å²) in [5, 5.41) is -0.277. The Balaban J connectivity index is 2.61. The molecule has 0 saturated carbocycles. The molecule has 1 nitrogen and oxygen atoms in total. The van der Waals surface area contributed by atoms with E-state index < -0.39 is 34.6 Å². The first-order valence-corrected chi connectivity index (χ1v) is 5.84. The lowest BCUT2D eigenvalue weighted by atomic mass is 10.00. The molecular weight excluding hydrogens is 296 g/mol. The van der Waals surface area contributed by atoms with Crippen molar-refractivity contribution in [2.75, 3.05) is 0 Å². The van der Waals surface area contributed by atoms with Gasteiger partial charge in [-0.2, -0.15) is 0 Å². The second kappa shape index (κ2) is 5.25. The van der Waals surface area contributed by atoms with E-state index >= 15 is 0 Å². The van der Waals surface area contributed by atoms with E-state index in [1.807, 2.05) is 0 Å². The average Bonchev–Trinajstić information content (AvgIpc) is 2.32. The molecule has 0 aliphatic heterocycles. The molecular formula is C14H7ClF4O. The number of halogens is 5. The van der Waals surface area contributed by atoms with Gasteiger partial charge < -0.3 is 0 Å². The van der Waals surface area contributed by atoms with Crippen molar-refractivity contribution in [3.8, 4) is 0 Å². The first kappa shape index (κ1) is 14.5. The largest absolute Gasteiger partial charge is 0.288 e. The number of hydrogen-bond acceptors (Lipinski definition) is 1. The van der Waals surface area contributed by atoms with Crippen LogP contribution in [0.4, 0.5) is 17.6 Å². The van der Waals surface area contributed by atoms with E-state index in [-0.39, 0.29) is 16.1 Å². The lowest BCUT2D eigenvalue weighted by molar-refractivity contribution is 0.103. The zero-order valence-electron chi connectivity index (χ0n) is 10.1. The first-order chi connectivity index (χ1) is 9.31. The van der Waals surface area contributed by atoms with Crippen molar-refractivity contribution in [2.24, 2.45) is 0 Å². The molecule has 0 aliphatic carbocycles. The molecule has 0 heterocycles. The maximum absolute atomic E-state index is 13.5. The van der Waals surface area contributed by atoms with Crippen LogP contribution in [-0.2, 0) is 0 Å². The van der Waals surface area contributed by atoms with E-state index in [9.17, 15) is 22.4 Å². The Kier molecular flexibility index (Phi) is 3.81. The molecule has 2 aromatic rings. The van der Waals surface area contributed by atoms with Crippen LogP contribution >= 0.6 is 11.6 Å². The van der Waals surface area contributed by atoms with Crippen molar-refractivity contribution in [1.29, 1.82) is 0 Å². The van der Waals surface area contributed by atoms with E-state index in [1.165, 1.54) is 6.92 Å². The number of hydrogen-bond donors (Lipinski definition) is 0. The van der Waals surface area contributed by atoms with E-state index in [2.05, 4.69) is 0 Å². The molecule has 0 atom stereocenters. The average molecular weight is 303 g/mol. The second-order valence-corrected chi connectivity index (χ2v) is 4.56. The standard InChI is InChI=1S/C14H7ClF4O/c1-6-2-8(9(15)5-10(6)17)14(20)13-11(18)3-7(16)4-12(13)19/h2-5H,1H3. The van der Waals surface area contributed by atoms with E-state index in [1.54, 1.807) is 0 Å². The van der Waals surface area contributed by atoms with Gasteiger partial charge in [-0.3, -0.25) is 4.79 Å². The van der Waals surface area contributed by atoms with E-state index in [0.717, 1.165) is 12.1 Å². The van der Waals surface area contributed by atoms with Gasteiger partial charge in [-0.15, -0.1) is 0 Å². The second-order valence-electron chi connectivity index (χ2n) is 4.15. The minimum absolute atomic E-state index is 0.0979. The summed E-state index contributed by atoms with van der Waals surface area (Å²) in [4.78, 5) is 12.1. The molecule has 0 aliphatic rings. The number of ketones is 1. The van der Waals surface area contributed by atoms with Gasteiger partial charge in [0.1, 0.15) is 23.3 Å². The van der Waals surface area contributed by atoms with E-state index in [4.69, 9.17) is 11.6 Å². The highest BCUT2D eigenvalue weighted by Gasteiger charge is 2.23. The quantitative estimate of drug-likeness (QED) is 0.592. The van der Waals surface area contributed by atoms with Crippen LogP contribution in [0.2, 0.25) is 5.02 Å². The minimum Gasteiger partial charge on any atom is -0.288 e. The van der Waals surface area contributed by atoms with Crippen molar-refractivity contribution in [3.63, 3.8) is 0 Å². The van der Waals surface area contributed by atoms with Crippen LogP contribution in [-0.4, -0.2) is 5.78 Å².